The minimum Gasteiger partial charge on any atom is -0.468 e. The van der Waals surface area contributed by atoms with Crippen molar-refractivity contribution in [3.63, 3.8) is 0 Å². The number of amides is 1. The molecule has 2 atom stereocenters. The normalized spacial score (nSPS) is 15.0. The summed E-state index contributed by atoms with van der Waals surface area (Å²) < 4.78 is 4.84. The third-order valence-corrected chi connectivity index (χ3v) is 3.02. The Balaban J connectivity index is 5.01. The third kappa shape index (κ3) is 8.05. The molecule has 5 heteroatoms. The maximum atomic E-state index is 12.4. The highest BCUT2D eigenvalue weighted by Gasteiger charge is 2.31. The van der Waals surface area contributed by atoms with E-state index in [1.54, 1.807) is 0 Å². The monoisotopic (exact) mass is 300 g/mol. The molecule has 0 aliphatic rings. The number of esters is 1. The van der Waals surface area contributed by atoms with E-state index in [1.165, 1.54) is 7.11 Å². The highest BCUT2D eigenvalue weighted by molar-refractivity contribution is 5.84. The van der Waals surface area contributed by atoms with Gasteiger partial charge in [-0.15, -0.1) is 0 Å². The topological polar surface area (TPSA) is 67.4 Å². The first-order valence-electron chi connectivity index (χ1n) is 7.63. The van der Waals surface area contributed by atoms with Crippen LogP contribution < -0.4 is 10.6 Å². The second-order valence-electron chi connectivity index (χ2n) is 7.33. The van der Waals surface area contributed by atoms with Crippen LogP contribution in [0.15, 0.2) is 0 Å². The number of carbonyl (C=O) groups is 2. The Morgan fingerprint density at radius 2 is 1.62 bits per heavy atom. The lowest BCUT2D eigenvalue weighted by Gasteiger charge is -2.30. The summed E-state index contributed by atoms with van der Waals surface area (Å²) >= 11 is 0. The lowest BCUT2D eigenvalue weighted by molar-refractivity contribution is -0.144. The number of methoxy groups -OCH3 is 1. The first-order chi connectivity index (χ1) is 9.47. The molecular weight excluding hydrogens is 268 g/mol. The molecule has 124 valence electrons. The summed E-state index contributed by atoms with van der Waals surface area (Å²) in [6, 6.07) is -0.889. The Bertz CT molecular complexity index is 346. The zero-order valence-electron chi connectivity index (χ0n) is 14.7. The van der Waals surface area contributed by atoms with Crippen LogP contribution in [0, 0.1) is 11.8 Å². The lowest BCUT2D eigenvalue weighted by Crippen LogP contribution is -2.56. The average molecular weight is 300 g/mol. The van der Waals surface area contributed by atoms with E-state index in [-0.39, 0.29) is 23.3 Å². The van der Waals surface area contributed by atoms with Gasteiger partial charge in [-0.05, 0) is 39.0 Å². The number of ether oxygens (including phenoxy) is 1. The summed E-state index contributed by atoms with van der Waals surface area (Å²) in [6.45, 7) is 13.8. The fraction of sp³-hybridized carbons (Fsp3) is 0.875. The summed E-state index contributed by atoms with van der Waals surface area (Å²) in [5.41, 5.74) is -0.301. The van der Waals surface area contributed by atoms with Gasteiger partial charge in [0.1, 0.15) is 6.04 Å². The zero-order chi connectivity index (χ0) is 16.8. The van der Waals surface area contributed by atoms with Gasteiger partial charge in [-0.25, -0.2) is 0 Å². The van der Waals surface area contributed by atoms with Crippen LogP contribution in [0.4, 0.5) is 0 Å². The molecule has 0 bridgehead atoms. The summed E-state index contributed by atoms with van der Waals surface area (Å²) in [6.07, 6.45) is 0.638. The molecule has 21 heavy (non-hydrogen) atoms. The Morgan fingerprint density at radius 3 is 1.95 bits per heavy atom. The van der Waals surface area contributed by atoms with E-state index in [9.17, 15) is 9.59 Å². The van der Waals surface area contributed by atoms with E-state index in [0.29, 0.717) is 12.3 Å². The number of nitrogens with one attached hydrogen (secondary N) is 2. The first kappa shape index (κ1) is 19.9. The van der Waals surface area contributed by atoms with Crippen LogP contribution in [0.1, 0.15) is 54.9 Å². The molecule has 5 nitrogen and oxygen atoms in total. The van der Waals surface area contributed by atoms with Crippen molar-refractivity contribution in [2.24, 2.45) is 11.8 Å². The van der Waals surface area contributed by atoms with Crippen LogP contribution in [0.5, 0.6) is 0 Å². The van der Waals surface area contributed by atoms with E-state index >= 15 is 0 Å². The second-order valence-corrected chi connectivity index (χ2v) is 7.33. The highest BCUT2D eigenvalue weighted by atomic mass is 16.5. The molecule has 0 unspecified atom stereocenters. The number of rotatable bonds is 7. The van der Waals surface area contributed by atoms with Crippen molar-refractivity contribution in [2.75, 3.05) is 7.11 Å². The minimum absolute atomic E-state index is 0.0756. The van der Waals surface area contributed by atoms with E-state index in [1.807, 2.05) is 48.5 Å². The maximum Gasteiger partial charge on any atom is 0.322 e. The van der Waals surface area contributed by atoms with Crippen molar-refractivity contribution >= 4 is 11.9 Å². The van der Waals surface area contributed by atoms with Gasteiger partial charge < -0.3 is 10.1 Å². The molecule has 0 saturated heterocycles. The van der Waals surface area contributed by atoms with Gasteiger partial charge in [-0.1, -0.05) is 27.7 Å². The number of hydrogen-bond acceptors (Lipinski definition) is 4. The van der Waals surface area contributed by atoms with Crippen LogP contribution in [0.3, 0.4) is 0 Å². The van der Waals surface area contributed by atoms with Crippen LogP contribution >= 0.6 is 0 Å². The predicted molar refractivity (Wildman–Crippen MR) is 84.9 cm³/mol. The molecular formula is C16H32N2O3. The van der Waals surface area contributed by atoms with Crippen molar-refractivity contribution in [3.05, 3.63) is 0 Å². The average Bonchev–Trinajstić information content (AvgIpc) is 2.29. The molecule has 0 heterocycles. The summed E-state index contributed by atoms with van der Waals surface area (Å²) in [5.74, 6) is -0.000161. The molecule has 0 fully saturated rings. The third-order valence-electron chi connectivity index (χ3n) is 3.02. The van der Waals surface area contributed by atoms with Gasteiger partial charge >= 0.3 is 5.97 Å². The zero-order valence-corrected chi connectivity index (χ0v) is 14.7. The van der Waals surface area contributed by atoms with Crippen LogP contribution in [0.25, 0.3) is 0 Å². The Hall–Kier alpha value is -1.10. The van der Waals surface area contributed by atoms with Gasteiger partial charge in [0.25, 0.3) is 0 Å². The van der Waals surface area contributed by atoms with Gasteiger partial charge in [0, 0.05) is 5.54 Å². The largest absolute Gasteiger partial charge is 0.468 e. The van der Waals surface area contributed by atoms with Gasteiger partial charge in [0.15, 0.2) is 0 Å². The quantitative estimate of drug-likeness (QED) is 0.707. The predicted octanol–water partition coefficient (Wildman–Crippen LogP) is 2.10. The first-order valence-corrected chi connectivity index (χ1v) is 7.63. The molecule has 0 spiro atoms. The Kier molecular flexibility index (Phi) is 7.93. The molecule has 1 amide bonds. The maximum absolute atomic E-state index is 12.4. The fourth-order valence-electron chi connectivity index (χ4n) is 2.08. The fourth-order valence-corrected chi connectivity index (χ4v) is 2.08. The summed E-state index contributed by atoms with van der Waals surface area (Å²) in [4.78, 5) is 24.3. The minimum atomic E-state index is -0.465. The smallest absolute Gasteiger partial charge is 0.322 e. The van der Waals surface area contributed by atoms with Crippen molar-refractivity contribution in [1.29, 1.82) is 0 Å². The van der Waals surface area contributed by atoms with E-state index in [4.69, 9.17) is 4.74 Å². The van der Waals surface area contributed by atoms with Crippen molar-refractivity contribution in [2.45, 2.75) is 72.5 Å². The van der Waals surface area contributed by atoms with Crippen LogP contribution in [-0.4, -0.2) is 36.6 Å². The van der Waals surface area contributed by atoms with Crippen LogP contribution in [0.2, 0.25) is 0 Å². The summed E-state index contributed by atoms with van der Waals surface area (Å²) in [7, 11) is 1.37. The van der Waals surface area contributed by atoms with Crippen molar-refractivity contribution < 1.29 is 14.3 Å². The molecule has 0 aliphatic carbocycles. The number of carbonyl (C=O) groups excluding carboxylic acids is 2. The standard InChI is InChI=1S/C16H32N2O3/c1-10(2)9-12(15(20)21-8)17-13(11(3)4)14(19)18-16(5,6)7/h10-13,17H,9H2,1-8H3,(H,18,19)/t12-,13-/m0/s1. The van der Waals surface area contributed by atoms with Crippen molar-refractivity contribution in [3.8, 4) is 0 Å². The SMILES string of the molecule is COC(=O)[C@H](CC(C)C)N[C@H](C(=O)NC(C)(C)C)C(C)C. The molecule has 0 aromatic carbocycles. The van der Waals surface area contributed by atoms with E-state index in [0.717, 1.165) is 0 Å². The van der Waals surface area contributed by atoms with Gasteiger partial charge in [-0.2, -0.15) is 0 Å². The van der Waals surface area contributed by atoms with Gasteiger partial charge in [0.2, 0.25) is 5.91 Å². The van der Waals surface area contributed by atoms with E-state index < -0.39 is 12.1 Å². The van der Waals surface area contributed by atoms with E-state index in [2.05, 4.69) is 10.6 Å². The number of hydrogen-bond donors (Lipinski definition) is 2. The van der Waals surface area contributed by atoms with Crippen LogP contribution in [-0.2, 0) is 14.3 Å². The molecule has 0 aliphatic heterocycles. The molecule has 0 aromatic heterocycles. The van der Waals surface area contributed by atoms with Gasteiger partial charge in [0.05, 0.1) is 13.2 Å². The molecule has 0 aromatic rings. The molecule has 0 rings (SSSR count). The molecule has 2 N–H and O–H groups in total. The lowest BCUT2D eigenvalue weighted by atomic mass is 9.97. The van der Waals surface area contributed by atoms with Gasteiger partial charge in [-0.3, -0.25) is 14.9 Å². The molecule has 0 saturated carbocycles. The molecule has 0 radical (unpaired) electrons. The Morgan fingerprint density at radius 1 is 1.10 bits per heavy atom. The highest BCUT2D eigenvalue weighted by Crippen LogP contribution is 2.12. The summed E-state index contributed by atoms with van der Waals surface area (Å²) in [5, 5.41) is 6.13. The Labute approximate surface area is 129 Å². The second kappa shape index (κ2) is 8.37. The van der Waals surface area contributed by atoms with Crippen molar-refractivity contribution in [1.82, 2.24) is 10.6 Å².